The second-order valence-corrected chi connectivity index (χ2v) is 7.41. The lowest BCUT2D eigenvalue weighted by molar-refractivity contribution is -0.130. The van der Waals surface area contributed by atoms with E-state index >= 15 is 0 Å². The topological polar surface area (TPSA) is 56.7 Å². The predicted molar refractivity (Wildman–Crippen MR) is 100 cm³/mol. The molecule has 0 unspecified atom stereocenters. The zero-order valence-corrected chi connectivity index (χ0v) is 15.6. The summed E-state index contributed by atoms with van der Waals surface area (Å²) < 4.78 is 0. The Balaban J connectivity index is 1.72. The number of rotatable bonds is 6. The van der Waals surface area contributed by atoms with Gasteiger partial charge in [-0.05, 0) is 57.8 Å². The minimum Gasteiger partial charge on any atom is -0.357 e. The summed E-state index contributed by atoms with van der Waals surface area (Å²) >= 11 is 0. The number of hydrogen-bond donors (Lipinski definition) is 2. The number of guanidine groups is 1. The van der Waals surface area contributed by atoms with Crippen molar-refractivity contribution < 1.29 is 4.79 Å². The van der Waals surface area contributed by atoms with Crippen molar-refractivity contribution in [3.63, 3.8) is 0 Å². The first-order chi connectivity index (χ1) is 11.7. The number of likely N-dealkylation sites (tertiary alicyclic amines) is 1. The number of nitrogens with zero attached hydrogens (tertiary/aromatic N) is 2. The average Bonchev–Trinajstić information content (AvgIpc) is 2.78. The Hall–Kier alpha value is -1.26. The molecule has 0 aromatic carbocycles. The number of amides is 1. The van der Waals surface area contributed by atoms with Gasteiger partial charge >= 0.3 is 0 Å². The smallest absolute Gasteiger partial charge is 0.222 e. The van der Waals surface area contributed by atoms with Crippen molar-refractivity contribution >= 4 is 11.9 Å². The standard InChI is InChI=1S/C19H36N4O/c1-3-20-19(22-17-11-9-16(2)10-12-17)21-13-7-15-23-14-6-4-5-8-18(23)24/h16-17H,3-15H2,1-2H3,(H2,20,21,22). The third-order valence-electron chi connectivity index (χ3n) is 5.23. The highest BCUT2D eigenvalue weighted by atomic mass is 16.2. The van der Waals surface area contributed by atoms with Crippen LogP contribution in [0.25, 0.3) is 0 Å². The summed E-state index contributed by atoms with van der Waals surface area (Å²) in [5.74, 6) is 2.14. The lowest BCUT2D eigenvalue weighted by Crippen LogP contribution is -2.44. The van der Waals surface area contributed by atoms with Crippen LogP contribution in [0.2, 0.25) is 0 Å². The molecule has 2 rings (SSSR count). The molecule has 1 aliphatic carbocycles. The van der Waals surface area contributed by atoms with Crippen molar-refractivity contribution in [2.75, 3.05) is 26.2 Å². The molecule has 1 heterocycles. The van der Waals surface area contributed by atoms with Crippen LogP contribution in [-0.4, -0.2) is 49.0 Å². The molecule has 0 atom stereocenters. The zero-order chi connectivity index (χ0) is 17.2. The van der Waals surface area contributed by atoms with Crippen LogP contribution in [0.3, 0.4) is 0 Å². The van der Waals surface area contributed by atoms with Crippen LogP contribution < -0.4 is 10.6 Å². The summed E-state index contributed by atoms with van der Waals surface area (Å²) in [6.45, 7) is 7.90. The molecule has 1 saturated heterocycles. The van der Waals surface area contributed by atoms with E-state index in [9.17, 15) is 4.79 Å². The fourth-order valence-corrected chi connectivity index (χ4v) is 3.65. The summed E-state index contributed by atoms with van der Waals surface area (Å²) in [5.41, 5.74) is 0. The van der Waals surface area contributed by atoms with Gasteiger partial charge in [0.25, 0.3) is 0 Å². The van der Waals surface area contributed by atoms with Crippen molar-refractivity contribution in [1.82, 2.24) is 15.5 Å². The van der Waals surface area contributed by atoms with Crippen LogP contribution in [0.15, 0.2) is 4.99 Å². The van der Waals surface area contributed by atoms with Crippen LogP contribution in [0.1, 0.15) is 71.6 Å². The third kappa shape index (κ3) is 6.70. The zero-order valence-electron chi connectivity index (χ0n) is 15.6. The maximum absolute atomic E-state index is 12.0. The largest absolute Gasteiger partial charge is 0.357 e. The van der Waals surface area contributed by atoms with Gasteiger partial charge < -0.3 is 15.5 Å². The maximum Gasteiger partial charge on any atom is 0.222 e. The third-order valence-corrected chi connectivity index (χ3v) is 5.23. The van der Waals surface area contributed by atoms with Crippen molar-refractivity contribution in [3.05, 3.63) is 0 Å². The first-order valence-corrected chi connectivity index (χ1v) is 10.0. The Labute approximate surface area is 147 Å². The summed E-state index contributed by atoms with van der Waals surface area (Å²) in [4.78, 5) is 18.7. The molecule has 1 aliphatic heterocycles. The van der Waals surface area contributed by atoms with Crippen molar-refractivity contribution in [2.24, 2.45) is 10.9 Å². The summed E-state index contributed by atoms with van der Waals surface area (Å²) in [6, 6.07) is 0.561. The molecule has 0 aromatic rings. The van der Waals surface area contributed by atoms with Gasteiger partial charge in [-0.1, -0.05) is 13.3 Å². The van der Waals surface area contributed by atoms with E-state index < -0.39 is 0 Å². The van der Waals surface area contributed by atoms with E-state index in [1.165, 1.54) is 32.1 Å². The lowest BCUT2D eigenvalue weighted by atomic mass is 9.87. The first-order valence-electron chi connectivity index (χ1n) is 10.0. The van der Waals surface area contributed by atoms with Gasteiger partial charge in [0.2, 0.25) is 5.91 Å². The maximum atomic E-state index is 12.0. The number of nitrogens with one attached hydrogen (secondary N) is 2. The van der Waals surface area contributed by atoms with Crippen LogP contribution >= 0.6 is 0 Å². The Kier molecular flexibility index (Phi) is 8.40. The molecule has 2 aliphatic rings. The molecular weight excluding hydrogens is 300 g/mol. The Morgan fingerprint density at radius 3 is 2.75 bits per heavy atom. The lowest BCUT2D eigenvalue weighted by Gasteiger charge is -2.28. The molecule has 1 amide bonds. The van der Waals surface area contributed by atoms with Crippen LogP contribution in [0.5, 0.6) is 0 Å². The SMILES string of the molecule is CCNC(=NCCCN1CCCCCC1=O)NC1CCC(C)CC1. The van der Waals surface area contributed by atoms with E-state index in [-0.39, 0.29) is 0 Å². The molecule has 0 bridgehead atoms. The summed E-state index contributed by atoms with van der Waals surface area (Å²) in [7, 11) is 0. The molecule has 1 saturated carbocycles. The normalized spacial score (nSPS) is 26.2. The Morgan fingerprint density at radius 2 is 2.00 bits per heavy atom. The second-order valence-electron chi connectivity index (χ2n) is 7.41. The minimum atomic E-state index is 0.331. The highest BCUT2D eigenvalue weighted by molar-refractivity contribution is 5.80. The van der Waals surface area contributed by atoms with E-state index in [2.05, 4.69) is 24.5 Å². The minimum absolute atomic E-state index is 0.331. The fraction of sp³-hybridized carbons (Fsp3) is 0.895. The molecule has 5 nitrogen and oxygen atoms in total. The molecule has 0 spiro atoms. The van der Waals surface area contributed by atoms with Gasteiger partial charge in [0.15, 0.2) is 5.96 Å². The second kappa shape index (κ2) is 10.6. The quantitative estimate of drug-likeness (QED) is 0.445. The summed E-state index contributed by atoms with van der Waals surface area (Å²) in [6.07, 6.45) is 10.2. The highest BCUT2D eigenvalue weighted by Crippen LogP contribution is 2.23. The van der Waals surface area contributed by atoms with E-state index in [0.717, 1.165) is 63.7 Å². The fourth-order valence-electron chi connectivity index (χ4n) is 3.65. The molecular formula is C19H36N4O. The van der Waals surface area contributed by atoms with Gasteiger partial charge in [0.1, 0.15) is 0 Å². The van der Waals surface area contributed by atoms with Gasteiger partial charge in [-0.2, -0.15) is 0 Å². The number of hydrogen-bond acceptors (Lipinski definition) is 2. The first kappa shape index (κ1) is 19.1. The van der Waals surface area contributed by atoms with Gasteiger partial charge in [0.05, 0.1) is 0 Å². The highest BCUT2D eigenvalue weighted by Gasteiger charge is 2.19. The van der Waals surface area contributed by atoms with Gasteiger partial charge in [-0.25, -0.2) is 0 Å². The van der Waals surface area contributed by atoms with E-state index in [1.807, 2.05) is 4.90 Å². The summed E-state index contributed by atoms with van der Waals surface area (Å²) in [5, 5.41) is 6.95. The van der Waals surface area contributed by atoms with Crippen molar-refractivity contribution in [2.45, 2.75) is 77.7 Å². The molecule has 24 heavy (non-hydrogen) atoms. The van der Waals surface area contributed by atoms with Crippen molar-refractivity contribution in [3.8, 4) is 0 Å². The van der Waals surface area contributed by atoms with Crippen LogP contribution in [0, 0.1) is 5.92 Å². The molecule has 0 radical (unpaired) electrons. The molecule has 5 heteroatoms. The van der Waals surface area contributed by atoms with Gasteiger partial charge in [-0.3, -0.25) is 9.79 Å². The number of carbonyl (C=O) groups is 1. The van der Waals surface area contributed by atoms with E-state index in [0.29, 0.717) is 11.9 Å². The molecule has 0 aromatic heterocycles. The Bertz CT molecular complexity index is 402. The van der Waals surface area contributed by atoms with E-state index in [1.54, 1.807) is 0 Å². The van der Waals surface area contributed by atoms with Crippen LogP contribution in [0.4, 0.5) is 0 Å². The van der Waals surface area contributed by atoms with Crippen LogP contribution in [-0.2, 0) is 4.79 Å². The Morgan fingerprint density at radius 1 is 1.21 bits per heavy atom. The number of carbonyl (C=O) groups excluding carboxylic acids is 1. The van der Waals surface area contributed by atoms with E-state index in [4.69, 9.17) is 4.99 Å². The molecule has 2 N–H and O–H groups in total. The monoisotopic (exact) mass is 336 g/mol. The average molecular weight is 337 g/mol. The molecule has 138 valence electrons. The van der Waals surface area contributed by atoms with Gasteiger partial charge in [-0.15, -0.1) is 0 Å². The van der Waals surface area contributed by atoms with Crippen molar-refractivity contribution in [1.29, 1.82) is 0 Å². The number of aliphatic imine (C=N–C) groups is 1. The molecule has 2 fully saturated rings. The predicted octanol–water partition coefficient (Wildman–Crippen LogP) is 2.91. The van der Waals surface area contributed by atoms with Gasteiger partial charge in [0, 0.05) is 38.6 Å².